The summed E-state index contributed by atoms with van der Waals surface area (Å²) in [6.07, 6.45) is 5.25. The van der Waals surface area contributed by atoms with Gasteiger partial charge in [0, 0.05) is 9.75 Å². The van der Waals surface area contributed by atoms with Crippen molar-refractivity contribution in [2.45, 2.75) is 70.5 Å². The molecule has 0 nitrogen and oxygen atoms in total. The highest BCUT2D eigenvalue weighted by Crippen LogP contribution is 2.41. The highest BCUT2D eigenvalue weighted by molar-refractivity contribution is 9.09. The summed E-state index contributed by atoms with van der Waals surface area (Å²) in [7, 11) is 0. The normalized spacial score (nSPS) is 15.7. The third kappa shape index (κ3) is 4.38. The summed E-state index contributed by atoms with van der Waals surface area (Å²) in [6.45, 7) is 11.5. The number of rotatable bonds is 6. The fourth-order valence-electron chi connectivity index (χ4n) is 2.16. The molecule has 0 saturated carbocycles. The first-order chi connectivity index (χ1) is 8.40. The second kappa shape index (κ2) is 7.09. The van der Waals surface area contributed by atoms with Gasteiger partial charge in [-0.05, 0) is 29.9 Å². The summed E-state index contributed by atoms with van der Waals surface area (Å²) in [6, 6.07) is 4.63. The van der Waals surface area contributed by atoms with E-state index in [0.717, 1.165) is 5.92 Å². The Kier molecular flexibility index (Phi) is 6.40. The van der Waals surface area contributed by atoms with E-state index in [-0.39, 0.29) is 5.41 Å². The molecule has 0 saturated heterocycles. The topological polar surface area (TPSA) is 0 Å². The lowest BCUT2D eigenvalue weighted by atomic mass is 9.94. The van der Waals surface area contributed by atoms with Crippen LogP contribution in [0.3, 0.4) is 0 Å². The zero-order chi connectivity index (χ0) is 13.8. The monoisotopic (exact) mass is 330 g/mol. The molecule has 0 aliphatic heterocycles. The molecule has 0 aromatic carbocycles. The minimum absolute atomic E-state index is 0.279. The second-order valence-electron chi connectivity index (χ2n) is 6.16. The standard InChI is InChI=1S/C16H27BrS/c1-6-8-9-12(7-2)15(17)13-10-11-14(18-13)16(3,4)5/h10-12,15H,6-9H2,1-5H3. The van der Waals surface area contributed by atoms with Crippen molar-refractivity contribution >= 4 is 27.3 Å². The zero-order valence-electron chi connectivity index (χ0n) is 12.4. The van der Waals surface area contributed by atoms with Gasteiger partial charge in [-0.2, -0.15) is 0 Å². The first-order valence-corrected chi connectivity index (χ1v) is 8.87. The maximum Gasteiger partial charge on any atom is 0.0517 e. The van der Waals surface area contributed by atoms with E-state index >= 15 is 0 Å². The van der Waals surface area contributed by atoms with Crippen molar-refractivity contribution in [3.63, 3.8) is 0 Å². The molecular weight excluding hydrogens is 304 g/mol. The number of halogens is 1. The largest absolute Gasteiger partial charge is 0.144 e. The van der Waals surface area contributed by atoms with Crippen LogP contribution in [-0.2, 0) is 5.41 Å². The van der Waals surface area contributed by atoms with Gasteiger partial charge in [-0.25, -0.2) is 0 Å². The van der Waals surface area contributed by atoms with Crippen molar-refractivity contribution < 1.29 is 0 Å². The Morgan fingerprint density at radius 2 is 1.89 bits per heavy atom. The maximum absolute atomic E-state index is 3.93. The number of thiophene rings is 1. The van der Waals surface area contributed by atoms with Crippen LogP contribution in [0.2, 0.25) is 0 Å². The molecule has 2 heteroatoms. The highest BCUT2D eigenvalue weighted by atomic mass is 79.9. The van der Waals surface area contributed by atoms with Crippen molar-refractivity contribution in [3.8, 4) is 0 Å². The summed E-state index contributed by atoms with van der Waals surface area (Å²) >= 11 is 5.91. The van der Waals surface area contributed by atoms with Crippen molar-refractivity contribution in [3.05, 3.63) is 21.9 Å². The van der Waals surface area contributed by atoms with Crippen LogP contribution in [0, 0.1) is 5.92 Å². The van der Waals surface area contributed by atoms with E-state index in [9.17, 15) is 0 Å². The summed E-state index contributed by atoms with van der Waals surface area (Å²) in [4.78, 5) is 3.53. The predicted molar refractivity (Wildman–Crippen MR) is 88.0 cm³/mol. The Bertz CT molecular complexity index is 348. The van der Waals surface area contributed by atoms with Crippen LogP contribution < -0.4 is 0 Å². The number of alkyl halides is 1. The molecule has 0 amide bonds. The van der Waals surface area contributed by atoms with Crippen molar-refractivity contribution in [2.75, 3.05) is 0 Å². The highest BCUT2D eigenvalue weighted by Gasteiger charge is 2.23. The van der Waals surface area contributed by atoms with E-state index in [1.54, 1.807) is 0 Å². The van der Waals surface area contributed by atoms with E-state index < -0.39 is 0 Å². The third-order valence-electron chi connectivity index (χ3n) is 3.50. The van der Waals surface area contributed by atoms with Gasteiger partial charge in [0.05, 0.1) is 4.83 Å². The van der Waals surface area contributed by atoms with Crippen LogP contribution >= 0.6 is 27.3 Å². The lowest BCUT2D eigenvalue weighted by molar-refractivity contribution is 0.449. The molecule has 0 fully saturated rings. The van der Waals surface area contributed by atoms with E-state index in [0.29, 0.717) is 4.83 Å². The van der Waals surface area contributed by atoms with Crippen molar-refractivity contribution in [2.24, 2.45) is 5.92 Å². The average molecular weight is 331 g/mol. The zero-order valence-corrected chi connectivity index (χ0v) is 14.8. The molecule has 0 aliphatic rings. The Hall–Kier alpha value is 0.180. The van der Waals surface area contributed by atoms with E-state index in [2.05, 4.69) is 62.7 Å². The molecule has 104 valence electrons. The van der Waals surface area contributed by atoms with Crippen molar-refractivity contribution in [1.29, 1.82) is 0 Å². The molecule has 0 spiro atoms. The molecular formula is C16H27BrS. The Balaban J connectivity index is 2.76. The molecule has 1 rings (SSSR count). The minimum atomic E-state index is 0.279. The molecule has 0 radical (unpaired) electrons. The van der Waals surface area contributed by atoms with Crippen LogP contribution in [0.5, 0.6) is 0 Å². The Labute approximate surface area is 125 Å². The van der Waals surface area contributed by atoms with Gasteiger partial charge in [-0.1, -0.05) is 69.8 Å². The first kappa shape index (κ1) is 16.2. The molecule has 18 heavy (non-hydrogen) atoms. The molecule has 0 aliphatic carbocycles. The molecule has 0 bridgehead atoms. The molecule has 1 aromatic heterocycles. The Morgan fingerprint density at radius 3 is 2.33 bits per heavy atom. The summed E-state index contributed by atoms with van der Waals surface area (Å²) in [5.74, 6) is 0.774. The van der Waals surface area contributed by atoms with Crippen LogP contribution in [0.4, 0.5) is 0 Å². The van der Waals surface area contributed by atoms with Gasteiger partial charge >= 0.3 is 0 Å². The van der Waals surface area contributed by atoms with Crippen LogP contribution in [0.1, 0.15) is 74.9 Å². The number of hydrogen-bond acceptors (Lipinski definition) is 1. The molecule has 2 unspecified atom stereocenters. The molecule has 1 heterocycles. The van der Waals surface area contributed by atoms with Gasteiger partial charge in [0.15, 0.2) is 0 Å². The van der Waals surface area contributed by atoms with E-state index in [1.165, 1.54) is 35.4 Å². The smallest absolute Gasteiger partial charge is 0.0517 e. The van der Waals surface area contributed by atoms with Gasteiger partial charge < -0.3 is 0 Å². The number of hydrogen-bond donors (Lipinski definition) is 0. The molecule has 1 aromatic rings. The first-order valence-electron chi connectivity index (χ1n) is 7.14. The predicted octanol–water partition coefficient (Wildman–Crippen LogP) is 6.70. The Morgan fingerprint density at radius 1 is 1.22 bits per heavy atom. The van der Waals surface area contributed by atoms with Gasteiger partial charge in [0.1, 0.15) is 0 Å². The van der Waals surface area contributed by atoms with Crippen LogP contribution in [-0.4, -0.2) is 0 Å². The summed E-state index contributed by atoms with van der Waals surface area (Å²) in [5, 5.41) is 0. The van der Waals surface area contributed by atoms with Gasteiger partial charge in [0.25, 0.3) is 0 Å². The minimum Gasteiger partial charge on any atom is -0.144 e. The molecule has 2 atom stereocenters. The summed E-state index contributed by atoms with van der Waals surface area (Å²) < 4.78 is 0. The SMILES string of the molecule is CCCCC(CC)C(Br)c1ccc(C(C)(C)C)s1. The second-order valence-corrected chi connectivity index (χ2v) is 8.27. The lowest BCUT2D eigenvalue weighted by Gasteiger charge is -2.20. The van der Waals surface area contributed by atoms with Gasteiger partial charge in [-0.15, -0.1) is 11.3 Å². The third-order valence-corrected chi connectivity index (χ3v) is 6.64. The van der Waals surface area contributed by atoms with E-state index in [1.807, 2.05) is 11.3 Å². The maximum atomic E-state index is 3.93. The fourth-order valence-corrected chi connectivity index (χ4v) is 4.37. The number of unbranched alkanes of at least 4 members (excludes halogenated alkanes) is 1. The van der Waals surface area contributed by atoms with E-state index in [4.69, 9.17) is 0 Å². The fraction of sp³-hybridized carbons (Fsp3) is 0.750. The van der Waals surface area contributed by atoms with Crippen LogP contribution in [0.25, 0.3) is 0 Å². The van der Waals surface area contributed by atoms with Crippen molar-refractivity contribution in [1.82, 2.24) is 0 Å². The average Bonchev–Trinajstić information content (AvgIpc) is 2.78. The summed E-state index contributed by atoms with van der Waals surface area (Å²) in [5.41, 5.74) is 0.279. The van der Waals surface area contributed by atoms with Gasteiger partial charge in [-0.3, -0.25) is 0 Å². The lowest BCUT2D eigenvalue weighted by Crippen LogP contribution is -2.08. The van der Waals surface area contributed by atoms with Crippen LogP contribution in [0.15, 0.2) is 12.1 Å². The quantitative estimate of drug-likeness (QED) is 0.509. The molecule has 0 N–H and O–H groups in total. The van der Waals surface area contributed by atoms with Gasteiger partial charge in [0.2, 0.25) is 0 Å².